The van der Waals surface area contributed by atoms with E-state index in [1.807, 2.05) is 49.1 Å². The molecule has 7 nitrogen and oxygen atoms in total. The molecule has 0 saturated carbocycles. The molecule has 0 aliphatic carbocycles. The largest absolute Gasteiger partial charge is 0.353 e. The Kier molecular flexibility index (Phi) is 5.13. The lowest BCUT2D eigenvalue weighted by atomic mass is 10.2. The average molecular weight is 441 g/mol. The fraction of sp³-hybridized carbons (Fsp3) is 0.300. The smallest absolute Gasteiger partial charge is 0.257 e. The number of anilines is 1. The topological polar surface area (TPSA) is 67.2 Å². The Labute approximate surface area is 172 Å². The van der Waals surface area contributed by atoms with Crippen LogP contribution in [0.15, 0.2) is 47.2 Å². The molecule has 1 aliphatic heterocycles. The zero-order chi connectivity index (χ0) is 19.7. The summed E-state index contributed by atoms with van der Waals surface area (Å²) in [7, 11) is 0. The molecule has 3 heterocycles. The Bertz CT molecular complexity index is 972. The van der Waals surface area contributed by atoms with Crippen molar-refractivity contribution < 1.29 is 4.79 Å². The molecule has 1 fully saturated rings. The molecule has 0 N–H and O–H groups in total. The predicted octanol–water partition coefficient (Wildman–Crippen LogP) is 3.00. The van der Waals surface area contributed by atoms with Gasteiger partial charge in [0, 0.05) is 48.6 Å². The van der Waals surface area contributed by atoms with E-state index in [0.717, 1.165) is 40.6 Å². The molecule has 0 atom stereocenters. The standard InChI is InChI=1S/C20H21BrN6O/c1-14-11-19(24-15(2)23-14)25-7-9-26(10-8-25)20(28)16-12-22-27(13-16)18-5-3-17(21)4-6-18/h3-6,11-13H,7-10H2,1-2H3. The van der Waals surface area contributed by atoms with Gasteiger partial charge in [-0.3, -0.25) is 4.79 Å². The number of halogens is 1. The van der Waals surface area contributed by atoms with Crippen molar-refractivity contribution in [2.75, 3.05) is 31.1 Å². The number of carbonyl (C=O) groups is 1. The molecule has 2 aromatic heterocycles. The summed E-state index contributed by atoms with van der Waals surface area (Å²) in [6, 6.07) is 9.81. The Morgan fingerprint density at radius 3 is 2.43 bits per heavy atom. The molecule has 0 radical (unpaired) electrons. The molecule has 3 aromatic rings. The Morgan fingerprint density at radius 1 is 1.04 bits per heavy atom. The third-order valence-corrected chi connectivity index (χ3v) is 5.29. The van der Waals surface area contributed by atoms with Gasteiger partial charge in [-0.15, -0.1) is 0 Å². The highest BCUT2D eigenvalue weighted by Crippen LogP contribution is 2.18. The van der Waals surface area contributed by atoms with Crippen LogP contribution in [0.5, 0.6) is 0 Å². The number of rotatable bonds is 3. The van der Waals surface area contributed by atoms with E-state index < -0.39 is 0 Å². The minimum absolute atomic E-state index is 0.0121. The van der Waals surface area contributed by atoms with Gasteiger partial charge in [0.05, 0.1) is 17.4 Å². The van der Waals surface area contributed by atoms with Gasteiger partial charge in [0.25, 0.3) is 5.91 Å². The average Bonchev–Trinajstić information content (AvgIpc) is 3.17. The lowest BCUT2D eigenvalue weighted by molar-refractivity contribution is 0.0746. The van der Waals surface area contributed by atoms with Crippen LogP contribution < -0.4 is 4.90 Å². The molecule has 1 aromatic carbocycles. The molecular formula is C20H21BrN6O. The number of amides is 1. The summed E-state index contributed by atoms with van der Waals surface area (Å²) >= 11 is 3.43. The fourth-order valence-electron chi connectivity index (χ4n) is 3.35. The van der Waals surface area contributed by atoms with Gasteiger partial charge >= 0.3 is 0 Å². The second-order valence-electron chi connectivity index (χ2n) is 6.84. The number of aryl methyl sites for hydroxylation is 2. The molecule has 144 valence electrons. The predicted molar refractivity (Wildman–Crippen MR) is 111 cm³/mol. The number of aromatic nitrogens is 4. The first-order chi connectivity index (χ1) is 13.5. The normalized spacial score (nSPS) is 14.4. The van der Waals surface area contributed by atoms with Crippen LogP contribution >= 0.6 is 15.9 Å². The number of carbonyl (C=O) groups excluding carboxylic acids is 1. The quantitative estimate of drug-likeness (QED) is 0.625. The summed E-state index contributed by atoms with van der Waals surface area (Å²) < 4.78 is 2.73. The highest BCUT2D eigenvalue weighted by Gasteiger charge is 2.24. The van der Waals surface area contributed by atoms with Gasteiger partial charge in [0.2, 0.25) is 0 Å². The SMILES string of the molecule is Cc1cc(N2CCN(C(=O)c3cnn(-c4ccc(Br)cc4)c3)CC2)nc(C)n1. The van der Waals surface area contributed by atoms with E-state index in [2.05, 4.69) is 35.9 Å². The highest BCUT2D eigenvalue weighted by molar-refractivity contribution is 9.10. The molecule has 1 amide bonds. The minimum Gasteiger partial charge on any atom is -0.353 e. The van der Waals surface area contributed by atoms with Crippen LogP contribution in [0, 0.1) is 13.8 Å². The van der Waals surface area contributed by atoms with E-state index in [4.69, 9.17) is 0 Å². The van der Waals surface area contributed by atoms with Gasteiger partial charge in [0.1, 0.15) is 11.6 Å². The number of benzene rings is 1. The number of hydrogen-bond acceptors (Lipinski definition) is 5. The van der Waals surface area contributed by atoms with E-state index in [0.29, 0.717) is 18.7 Å². The third-order valence-electron chi connectivity index (χ3n) is 4.76. The van der Waals surface area contributed by atoms with E-state index >= 15 is 0 Å². The molecule has 1 aliphatic rings. The summed E-state index contributed by atoms with van der Waals surface area (Å²) in [4.78, 5) is 25.8. The van der Waals surface area contributed by atoms with Crippen LogP contribution in [-0.2, 0) is 0 Å². The maximum absolute atomic E-state index is 12.9. The number of nitrogens with zero attached hydrogens (tertiary/aromatic N) is 6. The summed E-state index contributed by atoms with van der Waals surface area (Å²) in [5.41, 5.74) is 2.48. The summed E-state index contributed by atoms with van der Waals surface area (Å²) in [5.74, 6) is 1.71. The summed E-state index contributed by atoms with van der Waals surface area (Å²) in [6.07, 6.45) is 3.42. The molecular weight excluding hydrogens is 420 g/mol. The fourth-order valence-corrected chi connectivity index (χ4v) is 3.61. The number of hydrogen-bond donors (Lipinski definition) is 0. The minimum atomic E-state index is 0.0121. The van der Waals surface area contributed by atoms with Crippen molar-refractivity contribution in [3.8, 4) is 5.69 Å². The monoisotopic (exact) mass is 440 g/mol. The van der Waals surface area contributed by atoms with Crippen molar-refractivity contribution in [1.29, 1.82) is 0 Å². The molecule has 0 bridgehead atoms. The maximum Gasteiger partial charge on any atom is 0.257 e. The lowest BCUT2D eigenvalue weighted by Gasteiger charge is -2.35. The van der Waals surface area contributed by atoms with Crippen molar-refractivity contribution in [2.45, 2.75) is 13.8 Å². The maximum atomic E-state index is 12.9. The van der Waals surface area contributed by atoms with Crippen LogP contribution in [-0.4, -0.2) is 56.7 Å². The van der Waals surface area contributed by atoms with Crippen molar-refractivity contribution in [2.24, 2.45) is 0 Å². The van der Waals surface area contributed by atoms with Crippen molar-refractivity contribution in [3.63, 3.8) is 0 Å². The third kappa shape index (κ3) is 3.91. The van der Waals surface area contributed by atoms with Crippen LogP contribution in [0.4, 0.5) is 5.82 Å². The second kappa shape index (κ2) is 7.71. The first kappa shape index (κ1) is 18.6. The van der Waals surface area contributed by atoms with Gasteiger partial charge in [-0.2, -0.15) is 5.10 Å². The Hall–Kier alpha value is -2.74. The van der Waals surface area contributed by atoms with Gasteiger partial charge in [0.15, 0.2) is 0 Å². The van der Waals surface area contributed by atoms with Gasteiger partial charge < -0.3 is 9.80 Å². The highest BCUT2D eigenvalue weighted by atomic mass is 79.9. The van der Waals surface area contributed by atoms with Gasteiger partial charge in [-0.25, -0.2) is 14.6 Å². The molecule has 0 unspecified atom stereocenters. The van der Waals surface area contributed by atoms with E-state index in [1.165, 1.54) is 0 Å². The molecule has 1 saturated heterocycles. The van der Waals surface area contributed by atoms with Crippen LogP contribution in [0.25, 0.3) is 5.69 Å². The molecule has 28 heavy (non-hydrogen) atoms. The van der Waals surface area contributed by atoms with Crippen LogP contribution in [0.2, 0.25) is 0 Å². The van der Waals surface area contributed by atoms with E-state index in [9.17, 15) is 4.79 Å². The van der Waals surface area contributed by atoms with Crippen LogP contribution in [0.1, 0.15) is 21.9 Å². The molecule has 8 heteroatoms. The second-order valence-corrected chi connectivity index (χ2v) is 7.76. The molecule has 4 rings (SSSR count). The zero-order valence-corrected chi connectivity index (χ0v) is 17.4. The Balaban J connectivity index is 1.42. The van der Waals surface area contributed by atoms with Gasteiger partial charge in [-0.1, -0.05) is 15.9 Å². The molecule has 0 spiro atoms. The number of piperazine rings is 1. The van der Waals surface area contributed by atoms with Gasteiger partial charge in [-0.05, 0) is 38.1 Å². The van der Waals surface area contributed by atoms with Crippen molar-refractivity contribution in [3.05, 3.63) is 64.3 Å². The van der Waals surface area contributed by atoms with Crippen LogP contribution in [0.3, 0.4) is 0 Å². The first-order valence-corrected chi connectivity index (χ1v) is 9.96. The summed E-state index contributed by atoms with van der Waals surface area (Å²) in [5, 5.41) is 4.34. The van der Waals surface area contributed by atoms with E-state index in [1.54, 1.807) is 17.1 Å². The first-order valence-electron chi connectivity index (χ1n) is 9.17. The van der Waals surface area contributed by atoms with Crippen molar-refractivity contribution in [1.82, 2.24) is 24.6 Å². The lowest BCUT2D eigenvalue weighted by Crippen LogP contribution is -2.49. The van der Waals surface area contributed by atoms with Crippen molar-refractivity contribution >= 4 is 27.7 Å². The van der Waals surface area contributed by atoms with E-state index in [-0.39, 0.29) is 5.91 Å². The zero-order valence-electron chi connectivity index (χ0n) is 15.8. The Morgan fingerprint density at radius 2 is 1.75 bits per heavy atom. The summed E-state index contributed by atoms with van der Waals surface area (Å²) in [6.45, 7) is 6.69.